The van der Waals surface area contributed by atoms with Crippen molar-refractivity contribution in [3.05, 3.63) is 29.4 Å². The fraction of sp³-hybridized carbons (Fsp3) is 0.222. The normalized spacial score (nSPS) is 10.8. The second-order valence-corrected chi connectivity index (χ2v) is 3.51. The average Bonchev–Trinajstić information content (AvgIpc) is 2.53. The SMILES string of the molecule is OCCc1nccc2sccc12. The maximum absolute atomic E-state index is 8.78. The van der Waals surface area contributed by atoms with Crippen LogP contribution < -0.4 is 0 Å². The van der Waals surface area contributed by atoms with Crippen molar-refractivity contribution in [3.8, 4) is 0 Å². The van der Waals surface area contributed by atoms with Gasteiger partial charge in [0.1, 0.15) is 0 Å². The zero-order chi connectivity index (χ0) is 8.39. The van der Waals surface area contributed by atoms with Crippen molar-refractivity contribution in [2.75, 3.05) is 6.61 Å². The molecule has 0 aromatic carbocycles. The van der Waals surface area contributed by atoms with Gasteiger partial charge in [-0.2, -0.15) is 0 Å². The molecule has 0 saturated carbocycles. The summed E-state index contributed by atoms with van der Waals surface area (Å²) in [7, 11) is 0. The number of pyridine rings is 1. The van der Waals surface area contributed by atoms with Crippen LogP contribution in [0.1, 0.15) is 5.69 Å². The summed E-state index contributed by atoms with van der Waals surface area (Å²) in [5.41, 5.74) is 0.997. The van der Waals surface area contributed by atoms with Crippen LogP contribution in [-0.2, 0) is 6.42 Å². The molecule has 0 spiro atoms. The van der Waals surface area contributed by atoms with Gasteiger partial charge in [-0.1, -0.05) is 0 Å². The molecule has 0 unspecified atom stereocenters. The van der Waals surface area contributed by atoms with Gasteiger partial charge in [0.15, 0.2) is 0 Å². The second kappa shape index (κ2) is 3.21. The lowest BCUT2D eigenvalue weighted by Crippen LogP contribution is -1.93. The molecule has 2 heterocycles. The Morgan fingerprint density at radius 1 is 1.42 bits per heavy atom. The number of aliphatic hydroxyl groups excluding tert-OH is 1. The molecular weight excluding hydrogens is 170 g/mol. The first-order valence-corrected chi connectivity index (χ1v) is 4.72. The molecule has 0 amide bonds. The monoisotopic (exact) mass is 179 g/mol. The van der Waals surface area contributed by atoms with Gasteiger partial charge in [0.25, 0.3) is 0 Å². The number of rotatable bonds is 2. The van der Waals surface area contributed by atoms with E-state index in [0.717, 1.165) is 5.69 Å². The van der Waals surface area contributed by atoms with E-state index in [9.17, 15) is 0 Å². The van der Waals surface area contributed by atoms with Crippen molar-refractivity contribution in [2.45, 2.75) is 6.42 Å². The summed E-state index contributed by atoms with van der Waals surface area (Å²) >= 11 is 1.71. The van der Waals surface area contributed by atoms with E-state index in [0.29, 0.717) is 6.42 Å². The van der Waals surface area contributed by atoms with Crippen LogP contribution >= 0.6 is 11.3 Å². The van der Waals surface area contributed by atoms with E-state index in [1.54, 1.807) is 17.5 Å². The van der Waals surface area contributed by atoms with Gasteiger partial charge in [-0.25, -0.2) is 0 Å². The zero-order valence-corrected chi connectivity index (χ0v) is 7.34. The highest BCUT2D eigenvalue weighted by Crippen LogP contribution is 2.22. The molecule has 2 rings (SSSR count). The molecule has 0 radical (unpaired) electrons. The predicted octanol–water partition coefficient (Wildman–Crippen LogP) is 1.83. The van der Waals surface area contributed by atoms with Crippen molar-refractivity contribution in [1.29, 1.82) is 0 Å². The molecule has 3 heteroatoms. The highest BCUT2D eigenvalue weighted by atomic mass is 32.1. The first kappa shape index (κ1) is 7.71. The molecule has 0 bridgehead atoms. The van der Waals surface area contributed by atoms with Crippen LogP contribution in [0.2, 0.25) is 0 Å². The second-order valence-electron chi connectivity index (χ2n) is 2.56. The summed E-state index contributed by atoms with van der Waals surface area (Å²) in [6.07, 6.45) is 2.44. The molecule has 0 aliphatic carbocycles. The Morgan fingerprint density at radius 2 is 2.33 bits per heavy atom. The molecule has 62 valence electrons. The third-order valence-electron chi connectivity index (χ3n) is 1.81. The minimum Gasteiger partial charge on any atom is -0.396 e. The number of fused-ring (bicyclic) bond motifs is 1. The Bertz CT molecular complexity index is 383. The lowest BCUT2D eigenvalue weighted by Gasteiger charge is -1.97. The molecule has 0 fully saturated rings. The first-order valence-electron chi connectivity index (χ1n) is 3.84. The molecular formula is C9H9NOS. The topological polar surface area (TPSA) is 33.1 Å². The maximum atomic E-state index is 8.78. The van der Waals surface area contributed by atoms with E-state index in [-0.39, 0.29) is 6.61 Å². The third-order valence-corrected chi connectivity index (χ3v) is 2.69. The quantitative estimate of drug-likeness (QED) is 0.763. The molecule has 2 nitrogen and oxygen atoms in total. The Morgan fingerprint density at radius 3 is 3.17 bits per heavy atom. The Hall–Kier alpha value is -0.930. The van der Waals surface area contributed by atoms with E-state index in [1.807, 2.05) is 11.4 Å². The molecule has 1 N–H and O–H groups in total. The molecule has 0 saturated heterocycles. The lowest BCUT2D eigenvalue weighted by molar-refractivity contribution is 0.298. The van der Waals surface area contributed by atoms with Crippen molar-refractivity contribution in [3.63, 3.8) is 0 Å². The van der Waals surface area contributed by atoms with Crippen molar-refractivity contribution in [1.82, 2.24) is 4.98 Å². The molecule has 0 aliphatic heterocycles. The Labute approximate surface area is 74.5 Å². The van der Waals surface area contributed by atoms with Gasteiger partial charge >= 0.3 is 0 Å². The van der Waals surface area contributed by atoms with Crippen molar-refractivity contribution < 1.29 is 5.11 Å². The zero-order valence-electron chi connectivity index (χ0n) is 6.53. The molecule has 2 aromatic rings. The number of aliphatic hydroxyl groups is 1. The van der Waals surface area contributed by atoms with E-state index in [2.05, 4.69) is 11.1 Å². The summed E-state index contributed by atoms with van der Waals surface area (Å²) in [6, 6.07) is 4.05. The highest BCUT2D eigenvalue weighted by Gasteiger charge is 2.01. The summed E-state index contributed by atoms with van der Waals surface area (Å²) < 4.78 is 1.24. The molecule has 0 atom stereocenters. The highest BCUT2D eigenvalue weighted by molar-refractivity contribution is 7.17. The van der Waals surface area contributed by atoms with Gasteiger partial charge in [-0.05, 0) is 17.5 Å². The van der Waals surface area contributed by atoms with Crippen LogP contribution in [0.5, 0.6) is 0 Å². The van der Waals surface area contributed by atoms with Crippen LogP contribution in [0, 0.1) is 0 Å². The van der Waals surface area contributed by atoms with Crippen molar-refractivity contribution >= 4 is 21.4 Å². The largest absolute Gasteiger partial charge is 0.396 e. The van der Waals surface area contributed by atoms with E-state index < -0.39 is 0 Å². The molecule has 12 heavy (non-hydrogen) atoms. The summed E-state index contributed by atoms with van der Waals surface area (Å²) in [4.78, 5) is 4.22. The Balaban J connectivity index is 2.57. The van der Waals surface area contributed by atoms with Crippen LogP contribution in [0.3, 0.4) is 0 Å². The summed E-state index contributed by atoms with van der Waals surface area (Å²) in [5.74, 6) is 0. The maximum Gasteiger partial charge on any atom is 0.0513 e. The average molecular weight is 179 g/mol. The van der Waals surface area contributed by atoms with Gasteiger partial charge in [0.2, 0.25) is 0 Å². The summed E-state index contributed by atoms with van der Waals surface area (Å²) in [6.45, 7) is 0.169. The van der Waals surface area contributed by atoms with E-state index in [4.69, 9.17) is 5.11 Å². The fourth-order valence-electron chi connectivity index (χ4n) is 1.26. The number of hydrogen-bond acceptors (Lipinski definition) is 3. The van der Waals surface area contributed by atoms with E-state index >= 15 is 0 Å². The lowest BCUT2D eigenvalue weighted by atomic mass is 10.2. The first-order chi connectivity index (χ1) is 5.92. The molecule has 0 aliphatic rings. The standard InChI is InChI=1S/C9H9NOS/c11-5-2-8-7-3-6-12-9(7)1-4-10-8/h1,3-4,6,11H,2,5H2. The number of thiophene rings is 1. The smallest absolute Gasteiger partial charge is 0.0513 e. The minimum atomic E-state index is 0.169. The third kappa shape index (κ3) is 1.21. The fourth-order valence-corrected chi connectivity index (χ4v) is 2.06. The van der Waals surface area contributed by atoms with Gasteiger partial charge in [-0.15, -0.1) is 11.3 Å². The van der Waals surface area contributed by atoms with Gasteiger partial charge in [-0.3, -0.25) is 4.98 Å². The van der Waals surface area contributed by atoms with Crippen molar-refractivity contribution in [2.24, 2.45) is 0 Å². The van der Waals surface area contributed by atoms with Gasteiger partial charge in [0.05, 0.1) is 5.69 Å². The minimum absolute atomic E-state index is 0.169. The van der Waals surface area contributed by atoms with Crippen LogP contribution in [0.15, 0.2) is 23.7 Å². The van der Waals surface area contributed by atoms with Gasteiger partial charge < -0.3 is 5.11 Å². The number of hydrogen-bond donors (Lipinski definition) is 1. The Kier molecular flexibility index (Phi) is 2.06. The van der Waals surface area contributed by atoms with Gasteiger partial charge in [0, 0.05) is 29.3 Å². The summed E-state index contributed by atoms with van der Waals surface area (Å²) in [5, 5.41) is 12.0. The van der Waals surface area contributed by atoms with E-state index in [1.165, 1.54) is 10.1 Å². The number of aromatic nitrogens is 1. The van der Waals surface area contributed by atoms with Crippen LogP contribution in [0.25, 0.3) is 10.1 Å². The van der Waals surface area contributed by atoms with Crippen LogP contribution in [-0.4, -0.2) is 16.7 Å². The number of nitrogens with zero attached hydrogens (tertiary/aromatic N) is 1. The van der Waals surface area contributed by atoms with Crippen LogP contribution in [0.4, 0.5) is 0 Å². The molecule has 2 aromatic heterocycles. The predicted molar refractivity (Wildman–Crippen MR) is 50.4 cm³/mol.